The molecule has 0 saturated heterocycles. The lowest BCUT2D eigenvalue weighted by Crippen LogP contribution is -2.52. The lowest BCUT2D eigenvalue weighted by molar-refractivity contribution is -0.126. The molecule has 7 nitrogen and oxygen atoms in total. The summed E-state index contributed by atoms with van der Waals surface area (Å²) in [6.07, 6.45) is 5.15. The van der Waals surface area contributed by atoms with Gasteiger partial charge in [0.1, 0.15) is 23.4 Å². The Hall–Kier alpha value is -3.07. The molecule has 0 radical (unpaired) electrons. The molecule has 0 aromatic heterocycles. The van der Waals surface area contributed by atoms with Crippen molar-refractivity contribution < 1.29 is 23.0 Å². The quantitative estimate of drug-likeness (QED) is 0.567. The first-order chi connectivity index (χ1) is 16.3. The summed E-state index contributed by atoms with van der Waals surface area (Å²) in [4.78, 5) is 39.6. The summed E-state index contributed by atoms with van der Waals surface area (Å²) in [5, 5.41) is 5.57. The predicted octanol–water partition coefficient (Wildman–Crippen LogP) is 3.38. The van der Waals surface area contributed by atoms with Crippen molar-refractivity contribution in [2.24, 2.45) is 0 Å². The largest absolute Gasteiger partial charge is 0.352 e. The highest BCUT2D eigenvalue weighted by atomic mass is 32.2. The molecular weight excluding hydrogens is 457 g/mol. The number of para-hydroxylation sites is 1. The van der Waals surface area contributed by atoms with E-state index in [1.54, 1.807) is 37.3 Å². The van der Waals surface area contributed by atoms with Crippen LogP contribution >= 0.6 is 0 Å². The zero-order valence-electron chi connectivity index (χ0n) is 19.2. The molecule has 3 amide bonds. The van der Waals surface area contributed by atoms with Crippen molar-refractivity contribution in [3.8, 4) is 0 Å². The summed E-state index contributed by atoms with van der Waals surface area (Å²) in [6, 6.07) is 13.2. The molecule has 1 aliphatic rings. The monoisotopic (exact) mass is 487 g/mol. The van der Waals surface area contributed by atoms with Crippen molar-refractivity contribution in [3.63, 3.8) is 0 Å². The van der Waals surface area contributed by atoms with Gasteiger partial charge in [-0.05, 0) is 56.2 Å². The number of hydrogen-bond acceptors (Lipinski definition) is 4. The molecule has 0 heterocycles. The number of hydrogen-bond donors (Lipinski definition) is 2. The molecule has 0 unspecified atom stereocenters. The summed E-state index contributed by atoms with van der Waals surface area (Å²) in [7, 11) is -1.80. The standard InChI is InChI=1S/C25H30FN3O4S/c1-18(25(32)28-20-8-4-2-5-9-20)29(22-10-6-3-7-11-22)24(31)17-34(33)16-23(30)27-21-14-12-19(26)13-15-21/h3,6-7,10-15,18,20H,2,4-5,8-9,16-17H2,1H3,(H,27,30)(H,28,32)/t18-,34-/m0/s1. The highest BCUT2D eigenvalue weighted by molar-refractivity contribution is 7.86. The van der Waals surface area contributed by atoms with Gasteiger partial charge in [-0.15, -0.1) is 0 Å². The number of benzene rings is 2. The maximum atomic E-state index is 13.1. The van der Waals surface area contributed by atoms with E-state index in [0.29, 0.717) is 11.4 Å². The summed E-state index contributed by atoms with van der Waals surface area (Å²) < 4.78 is 25.6. The summed E-state index contributed by atoms with van der Waals surface area (Å²) in [5.74, 6) is -2.56. The molecule has 1 fully saturated rings. The number of carbonyl (C=O) groups is 3. The van der Waals surface area contributed by atoms with Crippen molar-refractivity contribution in [2.75, 3.05) is 21.7 Å². The molecule has 2 atom stereocenters. The number of amides is 3. The Balaban J connectivity index is 1.63. The Labute approximate surface area is 201 Å². The molecule has 0 aliphatic heterocycles. The van der Waals surface area contributed by atoms with Gasteiger partial charge in [-0.25, -0.2) is 4.39 Å². The highest BCUT2D eigenvalue weighted by Gasteiger charge is 2.30. The third-order valence-electron chi connectivity index (χ3n) is 5.73. The van der Waals surface area contributed by atoms with Gasteiger partial charge in [0.2, 0.25) is 17.7 Å². The van der Waals surface area contributed by atoms with Crippen LogP contribution in [0, 0.1) is 5.82 Å². The van der Waals surface area contributed by atoms with Crippen LogP contribution in [0.15, 0.2) is 54.6 Å². The van der Waals surface area contributed by atoms with Gasteiger partial charge in [-0.1, -0.05) is 37.5 Å². The Morgan fingerprint density at radius 3 is 2.29 bits per heavy atom. The van der Waals surface area contributed by atoms with E-state index in [1.165, 1.54) is 29.2 Å². The number of rotatable bonds is 9. The second-order valence-electron chi connectivity index (χ2n) is 8.40. The Bertz CT molecular complexity index is 1010. The first-order valence-corrected chi connectivity index (χ1v) is 12.9. The smallest absolute Gasteiger partial charge is 0.243 e. The third kappa shape index (κ3) is 7.48. The molecule has 3 rings (SSSR count). The van der Waals surface area contributed by atoms with Crippen LogP contribution in [0.25, 0.3) is 0 Å². The van der Waals surface area contributed by atoms with Gasteiger partial charge >= 0.3 is 0 Å². The van der Waals surface area contributed by atoms with Crippen LogP contribution in [0.2, 0.25) is 0 Å². The summed E-state index contributed by atoms with van der Waals surface area (Å²) in [6.45, 7) is 1.65. The lowest BCUT2D eigenvalue weighted by atomic mass is 9.95. The second kappa shape index (κ2) is 12.4. The first-order valence-electron chi connectivity index (χ1n) is 11.4. The van der Waals surface area contributed by atoms with Crippen molar-refractivity contribution in [1.29, 1.82) is 0 Å². The molecule has 2 aromatic rings. The van der Waals surface area contributed by atoms with Crippen LogP contribution in [-0.2, 0) is 25.2 Å². The number of halogens is 1. The Morgan fingerprint density at radius 1 is 1.00 bits per heavy atom. The molecule has 34 heavy (non-hydrogen) atoms. The molecule has 1 saturated carbocycles. The van der Waals surface area contributed by atoms with Crippen LogP contribution in [0.1, 0.15) is 39.0 Å². The predicted molar refractivity (Wildman–Crippen MR) is 131 cm³/mol. The minimum atomic E-state index is -1.80. The van der Waals surface area contributed by atoms with Gasteiger partial charge in [0.25, 0.3) is 0 Å². The Morgan fingerprint density at radius 2 is 1.65 bits per heavy atom. The van der Waals surface area contributed by atoms with Crippen molar-refractivity contribution >= 4 is 39.9 Å². The van der Waals surface area contributed by atoms with Gasteiger partial charge in [0.15, 0.2) is 0 Å². The molecule has 0 spiro atoms. The van der Waals surface area contributed by atoms with Crippen molar-refractivity contribution in [3.05, 3.63) is 60.4 Å². The third-order valence-corrected chi connectivity index (χ3v) is 6.88. The van der Waals surface area contributed by atoms with Crippen molar-refractivity contribution in [2.45, 2.75) is 51.1 Å². The van der Waals surface area contributed by atoms with E-state index in [-0.39, 0.29) is 11.9 Å². The van der Waals surface area contributed by atoms with Crippen LogP contribution in [-0.4, -0.2) is 45.5 Å². The number of nitrogens with one attached hydrogen (secondary N) is 2. The van der Waals surface area contributed by atoms with E-state index in [1.807, 2.05) is 0 Å². The van der Waals surface area contributed by atoms with E-state index in [4.69, 9.17) is 0 Å². The molecule has 2 aromatic carbocycles. The normalized spacial score (nSPS) is 15.7. The zero-order valence-corrected chi connectivity index (χ0v) is 20.0. The Kier molecular flexibility index (Phi) is 9.33. The van der Waals surface area contributed by atoms with E-state index in [0.717, 1.165) is 32.1 Å². The number of nitrogens with zero attached hydrogens (tertiary/aromatic N) is 1. The molecule has 2 N–H and O–H groups in total. The average Bonchev–Trinajstić information content (AvgIpc) is 2.81. The number of anilines is 2. The topological polar surface area (TPSA) is 95.6 Å². The maximum absolute atomic E-state index is 13.1. The fourth-order valence-corrected chi connectivity index (χ4v) is 4.87. The number of carbonyl (C=O) groups excluding carboxylic acids is 3. The maximum Gasteiger partial charge on any atom is 0.243 e. The van der Waals surface area contributed by atoms with Gasteiger partial charge in [0, 0.05) is 28.2 Å². The van der Waals surface area contributed by atoms with Crippen LogP contribution in [0.5, 0.6) is 0 Å². The molecule has 9 heteroatoms. The van der Waals surface area contributed by atoms with E-state index < -0.39 is 46.0 Å². The molecule has 0 bridgehead atoms. The highest BCUT2D eigenvalue weighted by Crippen LogP contribution is 2.20. The molecule has 182 valence electrons. The van der Waals surface area contributed by atoms with Gasteiger partial charge in [-0.3, -0.25) is 23.5 Å². The lowest BCUT2D eigenvalue weighted by Gasteiger charge is -2.31. The van der Waals surface area contributed by atoms with Crippen LogP contribution in [0.4, 0.5) is 15.8 Å². The summed E-state index contributed by atoms with van der Waals surface area (Å²) >= 11 is 0. The van der Waals surface area contributed by atoms with Crippen molar-refractivity contribution in [1.82, 2.24) is 5.32 Å². The average molecular weight is 488 g/mol. The minimum absolute atomic E-state index is 0.0979. The van der Waals surface area contributed by atoms with Gasteiger partial charge in [0.05, 0.1) is 0 Å². The zero-order chi connectivity index (χ0) is 24.5. The van der Waals surface area contributed by atoms with Gasteiger partial charge < -0.3 is 10.6 Å². The second-order valence-corrected chi connectivity index (χ2v) is 9.86. The van der Waals surface area contributed by atoms with E-state index in [9.17, 15) is 23.0 Å². The molecular formula is C25H30FN3O4S. The SMILES string of the molecule is C[C@@H](C(=O)NC1CCCCC1)N(C(=O)C[S@@](=O)CC(=O)Nc1ccc(F)cc1)c1ccccc1. The van der Waals surface area contributed by atoms with Crippen LogP contribution < -0.4 is 15.5 Å². The minimum Gasteiger partial charge on any atom is -0.352 e. The van der Waals surface area contributed by atoms with E-state index in [2.05, 4.69) is 10.6 Å². The van der Waals surface area contributed by atoms with Gasteiger partial charge in [-0.2, -0.15) is 0 Å². The van der Waals surface area contributed by atoms with Crippen LogP contribution in [0.3, 0.4) is 0 Å². The summed E-state index contributed by atoms with van der Waals surface area (Å²) in [5.41, 5.74) is 0.889. The fourth-order valence-electron chi connectivity index (χ4n) is 3.99. The fraction of sp³-hybridized carbons (Fsp3) is 0.400. The first kappa shape index (κ1) is 25.6. The van der Waals surface area contributed by atoms with E-state index >= 15 is 0 Å². The molecule has 1 aliphatic carbocycles.